The van der Waals surface area contributed by atoms with Crippen molar-refractivity contribution in [1.82, 2.24) is 24.9 Å². The number of nitrogens with one attached hydrogen (secondary N) is 1. The van der Waals surface area contributed by atoms with Crippen LogP contribution in [0.2, 0.25) is 5.02 Å². The summed E-state index contributed by atoms with van der Waals surface area (Å²) in [5, 5.41) is 3.32. The van der Waals surface area contributed by atoms with E-state index in [2.05, 4.69) is 19.9 Å². The predicted octanol–water partition coefficient (Wildman–Crippen LogP) is 3.80. The van der Waals surface area contributed by atoms with Gasteiger partial charge in [0.15, 0.2) is 0 Å². The van der Waals surface area contributed by atoms with Crippen LogP contribution in [-0.4, -0.2) is 76.1 Å². The van der Waals surface area contributed by atoms with Gasteiger partial charge in [-0.15, -0.1) is 5.06 Å². The lowest BCUT2D eigenvalue weighted by Gasteiger charge is -2.45. The zero-order valence-corrected chi connectivity index (χ0v) is 22.3. The van der Waals surface area contributed by atoms with Gasteiger partial charge in [-0.2, -0.15) is 0 Å². The third kappa shape index (κ3) is 5.02. The Morgan fingerprint density at radius 2 is 1.65 bits per heavy atom. The number of anilines is 1. The summed E-state index contributed by atoms with van der Waals surface area (Å²) in [6.07, 6.45) is 4.55. The van der Waals surface area contributed by atoms with Crippen molar-refractivity contribution in [1.29, 1.82) is 0 Å². The second-order valence-corrected chi connectivity index (χ2v) is 11.3. The molecule has 2 saturated heterocycles. The number of benzene rings is 1. The van der Waals surface area contributed by atoms with Crippen molar-refractivity contribution in [3.05, 3.63) is 53.4 Å². The number of aromatic amines is 1. The summed E-state index contributed by atoms with van der Waals surface area (Å²) in [4.78, 5) is 48.4. The third-order valence-electron chi connectivity index (χ3n) is 7.41. The summed E-state index contributed by atoms with van der Waals surface area (Å²) >= 11 is 6.18. The van der Waals surface area contributed by atoms with Gasteiger partial charge in [0.25, 0.3) is 0 Å². The number of piperazine rings is 1. The molecule has 1 N–H and O–H groups in total. The summed E-state index contributed by atoms with van der Waals surface area (Å²) in [6, 6.07) is 9.58. The van der Waals surface area contributed by atoms with E-state index >= 15 is 0 Å². The first-order valence-electron chi connectivity index (χ1n) is 12.7. The van der Waals surface area contributed by atoms with Crippen molar-refractivity contribution in [2.45, 2.75) is 39.0 Å². The van der Waals surface area contributed by atoms with Crippen LogP contribution in [0, 0.1) is 5.41 Å². The lowest BCUT2D eigenvalue weighted by atomic mass is 9.71. The highest BCUT2D eigenvalue weighted by atomic mass is 35.5. The van der Waals surface area contributed by atoms with Gasteiger partial charge < -0.3 is 19.6 Å². The van der Waals surface area contributed by atoms with Crippen molar-refractivity contribution in [2.75, 3.05) is 44.2 Å². The van der Waals surface area contributed by atoms with Crippen LogP contribution in [0.4, 0.5) is 5.82 Å². The molecule has 0 unspecified atom stereocenters. The lowest BCUT2D eigenvalue weighted by molar-refractivity contribution is -0.207. The average molecular weight is 525 g/mol. The normalized spacial score (nSPS) is 18.7. The molecule has 10 heteroatoms. The molecule has 0 atom stereocenters. The number of carbonyl (C=O) groups excluding carboxylic acids is 2. The molecule has 1 aromatic carbocycles. The zero-order valence-electron chi connectivity index (χ0n) is 21.5. The molecule has 0 aliphatic carbocycles. The number of piperidine rings is 1. The number of aromatic nitrogens is 3. The Morgan fingerprint density at radius 1 is 0.973 bits per heavy atom. The molecule has 5 rings (SSSR count). The van der Waals surface area contributed by atoms with Gasteiger partial charge in [-0.25, -0.2) is 14.8 Å². The average Bonchev–Trinajstić information content (AvgIpc) is 3.38. The highest BCUT2D eigenvalue weighted by Gasteiger charge is 2.46. The Balaban J connectivity index is 1.32. The van der Waals surface area contributed by atoms with Crippen molar-refractivity contribution in [3.63, 3.8) is 0 Å². The van der Waals surface area contributed by atoms with E-state index in [1.54, 1.807) is 11.4 Å². The van der Waals surface area contributed by atoms with Gasteiger partial charge in [0.05, 0.1) is 16.2 Å². The molecule has 0 radical (unpaired) electrons. The number of fused-ring (bicyclic) bond motifs is 1. The summed E-state index contributed by atoms with van der Waals surface area (Å²) in [6.45, 7) is 9.07. The molecule has 2 fully saturated rings. The topological polar surface area (TPSA) is 94.7 Å². The Labute approximate surface area is 221 Å². The quantitative estimate of drug-likeness (QED) is 0.554. The smallest absolute Gasteiger partial charge is 0.330 e. The minimum atomic E-state index is -0.694. The molecule has 4 heterocycles. The highest BCUT2D eigenvalue weighted by Crippen LogP contribution is 2.39. The number of amides is 1. The van der Waals surface area contributed by atoms with Gasteiger partial charge in [0, 0.05) is 50.5 Å². The first-order valence-corrected chi connectivity index (χ1v) is 13.1. The van der Waals surface area contributed by atoms with Crippen molar-refractivity contribution < 1.29 is 14.4 Å². The molecular weight excluding hydrogens is 492 g/mol. The van der Waals surface area contributed by atoms with Crippen molar-refractivity contribution in [2.24, 2.45) is 5.41 Å². The van der Waals surface area contributed by atoms with E-state index in [4.69, 9.17) is 16.4 Å². The van der Waals surface area contributed by atoms with E-state index in [1.807, 2.05) is 62.2 Å². The maximum absolute atomic E-state index is 14.2. The first kappa shape index (κ1) is 25.5. The summed E-state index contributed by atoms with van der Waals surface area (Å²) in [5.74, 6) is 0.737. The van der Waals surface area contributed by atoms with Gasteiger partial charge in [-0.3, -0.25) is 4.79 Å². The zero-order chi connectivity index (χ0) is 26.2. The maximum atomic E-state index is 14.2. The molecule has 2 aliphatic heterocycles. The molecule has 9 nitrogen and oxygen atoms in total. The minimum absolute atomic E-state index is 0.116. The number of halogens is 1. The number of carbonyl (C=O) groups is 2. The van der Waals surface area contributed by atoms with E-state index in [1.165, 1.54) is 0 Å². The fraction of sp³-hybridized carbons (Fsp3) is 0.481. The van der Waals surface area contributed by atoms with E-state index in [-0.39, 0.29) is 11.9 Å². The SMILES string of the molecule is CC(C)(C)C(=O)ON1CCC(C(=O)N2CCN(c3ncnc4[nH]ccc34)CC2)(c2ccc(Cl)cc2)CC1. The molecule has 1 amide bonds. The molecule has 0 saturated carbocycles. The maximum Gasteiger partial charge on any atom is 0.330 e. The van der Waals surface area contributed by atoms with E-state index in [0.29, 0.717) is 57.1 Å². The van der Waals surface area contributed by atoms with Crippen LogP contribution in [0.1, 0.15) is 39.2 Å². The van der Waals surface area contributed by atoms with Crippen LogP contribution in [0.15, 0.2) is 42.9 Å². The summed E-state index contributed by atoms with van der Waals surface area (Å²) < 4.78 is 0. The Kier molecular flexibility index (Phi) is 6.85. The number of rotatable bonds is 4. The van der Waals surface area contributed by atoms with Crippen LogP contribution in [0.25, 0.3) is 11.0 Å². The number of hydrogen-bond acceptors (Lipinski definition) is 7. The Bertz CT molecular complexity index is 1270. The molecule has 0 spiro atoms. The van der Waals surface area contributed by atoms with Crippen LogP contribution in [0.5, 0.6) is 0 Å². The van der Waals surface area contributed by atoms with Gasteiger partial charge in [-0.1, -0.05) is 23.7 Å². The monoisotopic (exact) mass is 524 g/mol. The van der Waals surface area contributed by atoms with E-state index in [0.717, 1.165) is 22.4 Å². The molecule has 196 valence electrons. The molecule has 0 bridgehead atoms. The number of H-pyrrole nitrogens is 1. The van der Waals surface area contributed by atoms with Gasteiger partial charge in [0.1, 0.15) is 17.8 Å². The second kappa shape index (κ2) is 9.95. The lowest BCUT2D eigenvalue weighted by Crippen LogP contribution is -2.57. The predicted molar refractivity (Wildman–Crippen MR) is 142 cm³/mol. The van der Waals surface area contributed by atoms with Crippen LogP contribution in [0.3, 0.4) is 0 Å². The minimum Gasteiger partial charge on any atom is -0.367 e. The molecule has 2 aromatic heterocycles. The van der Waals surface area contributed by atoms with E-state index < -0.39 is 10.8 Å². The largest absolute Gasteiger partial charge is 0.367 e. The standard InChI is InChI=1S/C27H33ClN6O3/c1-26(2,3)25(36)37-34-12-9-27(10-13-34,19-4-6-20(28)7-5-19)24(35)33-16-14-32(15-17-33)23-21-8-11-29-22(21)30-18-31-23/h4-8,11,18H,9-10,12-17H2,1-3H3,(H,29,30,31). The molecule has 3 aromatic rings. The molecule has 37 heavy (non-hydrogen) atoms. The fourth-order valence-electron chi connectivity index (χ4n) is 5.14. The third-order valence-corrected chi connectivity index (χ3v) is 7.66. The number of hydrogen-bond donors (Lipinski definition) is 1. The summed E-state index contributed by atoms with van der Waals surface area (Å²) in [7, 11) is 0. The molecule has 2 aliphatic rings. The van der Waals surface area contributed by atoms with Gasteiger partial charge in [-0.05, 0) is 57.4 Å². The number of nitrogens with zero attached hydrogens (tertiary/aromatic N) is 5. The van der Waals surface area contributed by atoms with Gasteiger partial charge >= 0.3 is 5.97 Å². The Hall–Kier alpha value is -3.17. The fourth-order valence-corrected chi connectivity index (χ4v) is 5.27. The van der Waals surface area contributed by atoms with Crippen LogP contribution < -0.4 is 4.90 Å². The molecular formula is C27H33ClN6O3. The van der Waals surface area contributed by atoms with Crippen LogP contribution >= 0.6 is 11.6 Å². The highest BCUT2D eigenvalue weighted by molar-refractivity contribution is 6.30. The Morgan fingerprint density at radius 3 is 2.30 bits per heavy atom. The van der Waals surface area contributed by atoms with Crippen LogP contribution in [-0.2, 0) is 19.8 Å². The van der Waals surface area contributed by atoms with E-state index in [9.17, 15) is 9.59 Å². The number of hydroxylamine groups is 2. The first-order chi connectivity index (χ1) is 17.7. The van der Waals surface area contributed by atoms with Crippen molar-refractivity contribution >= 4 is 40.3 Å². The van der Waals surface area contributed by atoms with Crippen molar-refractivity contribution in [3.8, 4) is 0 Å². The second-order valence-electron chi connectivity index (χ2n) is 10.9. The summed E-state index contributed by atoms with van der Waals surface area (Å²) in [5.41, 5.74) is 0.482. The van der Waals surface area contributed by atoms with Gasteiger partial charge in [0.2, 0.25) is 5.91 Å².